The third-order valence-electron chi connectivity index (χ3n) is 3.30. The van der Waals surface area contributed by atoms with E-state index in [9.17, 15) is 13.2 Å². The number of ether oxygens (including phenoxy) is 1. The zero-order valence-electron chi connectivity index (χ0n) is 14.5. The Hall–Kier alpha value is -2.18. The summed E-state index contributed by atoms with van der Waals surface area (Å²) in [6.45, 7) is 4.29. The van der Waals surface area contributed by atoms with Gasteiger partial charge >= 0.3 is 5.97 Å². The van der Waals surface area contributed by atoms with Gasteiger partial charge in [-0.25, -0.2) is 0 Å². The summed E-state index contributed by atoms with van der Waals surface area (Å²) < 4.78 is 34.6. The maximum atomic E-state index is 11.2. The van der Waals surface area contributed by atoms with E-state index in [0.717, 1.165) is 24.0 Å². The van der Waals surface area contributed by atoms with Crippen molar-refractivity contribution < 1.29 is 22.5 Å². The predicted molar refractivity (Wildman–Crippen MR) is 96.8 cm³/mol. The molecule has 2 aromatic carbocycles. The minimum absolute atomic E-state index is 0.0666. The molecule has 0 bridgehead atoms. The molecule has 0 spiro atoms. The summed E-state index contributed by atoms with van der Waals surface area (Å²) in [6, 6.07) is 15.7. The molecule has 1 N–H and O–H groups in total. The maximum absolute atomic E-state index is 11.2. The Bertz CT molecular complexity index is 737. The van der Waals surface area contributed by atoms with Crippen molar-refractivity contribution in [3.05, 3.63) is 65.7 Å². The van der Waals surface area contributed by atoms with Crippen LogP contribution in [0.15, 0.2) is 59.5 Å². The van der Waals surface area contributed by atoms with Crippen molar-refractivity contribution in [3.8, 4) is 0 Å². The SMILES string of the molecule is CCCCC(=O)OCc1ccccc1.Cc1ccc(S(=O)(=O)O)cc1. The van der Waals surface area contributed by atoms with E-state index in [4.69, 9.17) is 9.29 Å². The summed E-state index contributed by atoms with van der Waals surface area (Å²) >= 11 is 0. The Kier molecular flexibility index (Phi) is 8.88. The molecule has 5 nitrogen and oxygen atoms in total. The Morgan fingerprint density at radius 3 is 2.16 bits per heavy atom. The molecule has 0 aliphatic rings. The maximum Gasteiger partial charge on any atom is 0.306 e. The molecule has 0 heterocycles. The Labute approximate surface area is 149 Å². The Morgan fingerprint density at radius 2 is 1.64 bits per heavy atom. The van der Waals surface area contributed by atoms with Crippen LogP contribution in [0.5, 0.6) is 0 Å². The van der Waals surface area contributed by atoms with Crippen molar-refractivity contribution in [1.82, 2.24) is 0 Å². The van der Waals surface area contributed by atoms with Gasteiger partial charge in [0.1, 0.15) is 6.61 Å². The number of esters is 1. The zero-order chi connectivity index (χ0) is 18.7. The monoisotopic (exact) mass is 364 g/mol. The van der Waals surface area contributed by atoms with Crippen LogP contribution in [0.1, 0.15) is 37.3 Å². The van der Waals surface area contributed by atoms with Gasteiger partial charge in [0.2, 0.25) is 0 Å². The molecule has 0 radical (unpaired) electrons. The number of hydrogen-bond acceptors (Lipinski definition) is 4. The first kappa shape index (κ1) is 20.9. The number of hydrogen-bond donors (Lipinski definition) is 1. The minimum atomic E-state index is -4.02. The second-order valence-corrected chi connectivity index (χ2v) is 6.96. The van der Waals surface area contributed by atoms with Crippen LogP contribution >= 0.6 is 0 Å². The van der Waals surface area contributed by atoms with E-state index in [2.05, 4.69) is 6.92 Å². The molecule has 0 aliphatic carbocycles. The number of carbonyl (C=O) groups is 1. The van der Waals surface area contributed by atoms with Crippen LogP contribution in [-0.2, 0) is 26.3 Å². The molecule has 2 rings (SSSR count). The van der Waals surface area contributed by atoms with Gasteiger partial charge in [-0.3, -0.25) is 9.35 Å². The topological polar surface area (TPSA) is 80.7 Å². The highest BCUT2D eigenvalue weighted by molar-refractivity contribution is 7.85. The second-order valence-electron chi connectivity index (χ2n) is 5.54. The van der Waals surface area contributed by atoms with Crippen LogP contribution in [-0.4, -0.2) is 18.9 Å². The number of aryl methyl sites for hydroxylation is 1. The lowest BCUT2D eigenvalue weighted by Crippen LogP contribution is -2.03. The fourth-order valence-corrected chi connectivity index (χ4v) is 2.32. The van der Waals surface area contributed by atoms with Crippen LogP contribution in [0.2, 0.25) is 0 Å². The molecule has 2 aromatic rings. The molecule has 0 fully saturated rings. The van der Waals surface area contributed by atoms with Crippen molar-refractivity contribution in [1.29, 1.82) is 0 Å². The third kappa shape index (κ3) is 9.02. The molecular formula is C19H24O5S. The van der Waals surface area contributed by atoms with Crippen molar-refractivity contribution in [2.75, 3.05) is 0 Å². The van der Waals surface area contributed by atoms with Gasteiger partial charge in [-0.05, 0) is 31.0 Å². The van der Waals surface area contributed by atoms with Gasteiger partial charge in [0.05, 0.1) is 4.90 Å². The van der Waals surface area contributed by atoms with Crippen LogP contribution in [0.25, 0.3) is 0 Å². The van der Waals surface area contributed by atoms with Gasteiger partial charge in [0, 0.05) is 6.42 Å². The summed E-state index contributed by atoms with van der Waals surface area (Å²) in [4.78, 5) is 11.1. The van der Waals surface area contributed by atoms with E-state index in [1.54, 1.807) is 12.1 Å². The van der Waals surface area contributed by atoms with Gasteiger partial charge in [0.15, 0.2) is 0 Å². The molecule has 0 atom stereocenters. The molecule has 6 heteroatoms. The van der Waals surface area contributed by atoms with Gasteiger partial charge in [-0.1, -0.05) is 61.4 Å². The normalized spacial score (nSPS) is 10.5. The lowest BCUT2D eigenvalue weighted by Gasteiger charge is -2.03. The van der Waals surface area contributed by atoms with Crippen LogP contribution in [0, 0.1) is 6.92 Å². The molecule has 0 aromatic heterocycles. The van der Waals surface area contributed by atoms with Gasteiger partial charge in [-0.15, -0.1) is 0 Å². The van der Waals surface area contributed by atoms with Crippen LogP contribution in [0.3, 0.4) is 0 Å². The molecule has 25 heavy (non-hydrogen) atoms. The lowest BCUT2D eigenvalue weighted by atomic mass is 10.2. The summed E-state index contributed by atoms with van der Waals surface area (Å²) in [5.74, 6) is -0.101. The fourth-order valence-electron chi connectivity index (χ4n) is 1.84. The summed E-state index contributed by atoms with van der Waals surface area (Å²) in [6.07, 6.45) is 2.47. The van der Waals surface area contributed by atoms with E-state index in [1.807, 2.05) is 37.3 Å². The smallest absolute Gasteiger partial charge is 0.306 e. The highest BCUT2D eigenvalue weighted by Gasteiger charge is 2.06. The van der Waals surface area contributed by atoms with E-state index >= 15 is 0 Å². The zero-order valence-corrected chi connectivity index (χ0v) is 15.3. The first-order valence-corrected chi connectivity index (χ1v) is 9.50. The number of rotatable bonds is 6. The number of carbonyl (C=O) groups excluding carboxylic acids is 1. The van der Waals surface area contributed by atoms with E-state index in [0.29, 0.717) is 13.0 Å². The summed E-state index contributed by atoms with van der Waals surface area (Å²) in [5, 5.41) is 0. The van der Waals surface area contributed by atoms with Crippen molar-refractivity contribution in [3.63, 3.8) is 0 Å². The van der Waals surface area contributed by atoms with Crippen molar-refractivity contribution in [2.45, 2.75) is 44.6 Å². The Balaban J connectivity index is 0.000000257. The first-order valence-electron chi connectivity index (χ1n) is 8.06. The molecular weight excluding hydrogens is 340 g/mol. The average molecular weight is 364 g/mol. The molecule has 0 amide bonds. The van der Waals surface area contributed by atoms with Crippen molar-refractivity contribution >= 4 is 16.1 Å². The predicted octanol–water partition coefficient (Wildman–Crippen LogP) is 4.16. The third-order valence-corrected chi connectivity index (χ3v) is 4.16. The molecule has 0 saturated heterocycles. The second kappa shape index (κ2) is 10.6. The summed E-state index contributed by atoms with van der Waals surface area (Å²) in [7, 11) is -4.02. The van der Waals surface area contributed by atoms with Gasteiger partial charge in [-0.2, -0.15) is 8.42 Å². The highest BCUT2D eigenvalue weighted by atomic mass is 32.2. The number of benzene rings is 2. The molecule has 0 unspecified atom stereocenters. The Morgan fingerprint density at radius 1 is 1.04 bits per heavy atom. The fraction of sp³-hybridized carbons (Fsp3) is 0.316. The van der Waals surface area contributed by atoms with Crippen LogP contribution < -0.4 is 0 Å². The molecule has 136 valence electrons. The van der Waals surface area contributed by atoms with Crippen molar-refractivity contribution in [2.24, 2.45) is 0 Å². The van der Waals surface area contributed by atoms with Gasteiger partial charge < -0.3 is 4.74 Å². The first-order chi connectivity index (χ1) is 11.8. The van der Waals surface area contributed by atoms with E-state index in [-0.39, 0.29) is 10.9 Å². The largest absolute Gasteiger partial charge is 0.461 e. The standard InChI is InChI=1S/C12H16O2.C7H8O3S/c1-2-3-9-12(13)14-10-11-7-5-4-6-8-11;1-6-2-4-7(5-3-6)11(8,9)10/h4-8H,2-3,9-10H2,1H3;2-5H,1H3,(H,8,9,10). The van der Waals surface area contributed by atoms with E-state index < -0.39 is 10.1 Å². The van der Waals surface area contributed by atoms with Gasteiger partial charge in [0.25, 0.3) is 10.1 Å². The lowest BCUT2D eigenvalue weighted by molar-refractivity contribution is -0.145. The number of unbranched alkanes of at least 4 members (excludes halogenated alkanes) is 1. The van der Waals surface area contributed by atoms with E-state index in [1.165, 1.54) is 12.1 Å². The molecule has 0 aliphatic heterocycles. The minimum Gasteiger partial charge on any atom is -0.461 e. The molecule has 0 saturated carbocycles. The quantitative estimate of drug-likeness (QED) is 0.615. The highest BCUT2D eigenvalue weighted by Crippen LogP contribution is 2.08. The van der Waals surface area contributed by atoms with Crippen LogP contribution in [0.4, 0.5) is 0 Å². The summed E-state index contributed by atoms with van der Waals surface area (Å²) in [5.41, 5.74) is 2.00. The average Bonchev–Trinajstić information content (AvgIpc) is 2.59.